The Balaban J connectivity index is 2.02. The molecule has 0 aliphatic carbocycles. The number of esters is 1. The van der Waals surface area contributed by atoms with Gasteiger partial charge in [-0.15, -0.1) is 0 Å². The van der Waals surface area contributed by atoms with E-state index in [1.54, 1.807) is 38.8 Å². The lowest BCUT2D eigenvalue weighted by Crippen LogP contribution is -2.57. The molecule has 1 aromatic carbocycles. The summed E-state index contributed by atoms with van der Waals surface area (Å²) < 4.78 is 17.8. The Labute approximate surface area is 241 Å². The lowest BCUT2D eigenvalue weighted by atomic mass is 9.92. The maximum absolute atomic E-state index is 14.3. The van der Waals surface area contributed by atoms with E-state index in [0.29, 0.717) is 42.2 Å². The molecule has 2 heterocycles. The summed E-state index contributed by atoms with van der Waals surface area (Å²) >= 11 is 6.59. The van der Waals surface area contributed by atoms with Crippen molar-refractivity contribution in [2.75, 3.05) is 40.5 Å². The Hall–Kier alpha value is -2.85. The number of aryl methyl sites for hydroxylation is 1. The number of fused-ring (bicyclic) bond motifs is 1. The van der Waals surface area contributed by atoms with Crippen molar-refractivity contribution in [2.45, 2.75) is 72.1 Å². The summed E-state index contributed by atoms with van der Waals surface area (Å²) in [4.78, 5) is 48.1. The molecule has 1 aromatic heterocycles. The molecule has 3 rings (SSSR count). The second-order valence-corrected chi connectivity index (χ2v) is 12.1. The number of para-hydroxylation sites is 1. The van der Waals surface area contributed by atoms with Gasteiger partial charge >= 0.3 is 12.1 Å². The molecule has 2 amide bonds. The second kappa shape index (κ2) is 13.7. The number of hydrogen-bond donors (Lipinski definition) is 0. The first-order chi connectivity index (χ1) is 18.9. The van der Waals surface area contributed by atoms with Crippen LogP contribution >= 0.6 is 11.6 Å². The predicted molar refractivity (Wildman–Crippen MR) is 153 cm³/mol. The number of amides is 2. The third-order valence-corrected chi connectivity index (χ3v) is 7.07. The molecule has 1 aliphatic heterocycles. The lowest BCUT2D eigenvalue weighted by Gasteiger charge is -2.42. The Morgan fingerprint density at radius 1 is 1.15 bits per heavy atom. The van der Waals surface area contributed by atoms with Gasteiger partial charge < -0.3 is 28.6 Å². The third-order valence-electron chi connectivity index (χ3n) is 6.77. The van der Waals surface area contributed by atoms with Gasteiger partial charge in [0.05, 0.1) is 35.1 Å². The smallest absolute Gasteiger partial charge is 0.410 e. The number of imidazole rings is 1. The molecule has 1 aliphatic rings. The number of hydrogen-bond acceptors (Lipinski definition) is 7. The van der Waals surface area contributed by atoms with Crippen LogP contribution in [0.3, 0.4) is 0 Å². The fourth-order valence-corrected chi connectivity index (χ4v) is 5.34. The second-order valence-electron chi connectivity index (χ2n) is 11.7. The predicted octanol–water partition coefficient (Wildman–Crippen LogP) is 5.01. The van der Waals surface area contributed by atoms with Gasteiger partial charge in [0.25, 0.3) is 5.91 Å². The fraction of sp³-hybridized carbons (Fsp3) is 0.655. The Morgan fingerprint density at radius 2 is 1.88 bits per heavy atom. The van der Waals surface area contributed by atoms with Crippen molar-refractivity contribution in [3.8, 4) is 0 Å². The minimum atomic E-state index is -0.703. The summed E-state index contributed by atoms with van der Waals surface area (Å²) in [6.45, 7) is 11.4. The van der Waals surface area contributed by atoms with E-state index in [4.69, 9.17) is 30.8 Å². The number of halogens is 1. The van der Waals surface area contributed by atoms with Crippen LogP contribution in [0.15, 0.2) is 18.2 Å². The van der Waals surface area contributed by atoms with Crippen LogP contribution in [0, 0.1) is 11.8 Å². The SMILES string of the molecule is COCCCCn1c(C(=O)N(CC(C)C)[C@H]2C[C@@H](C(=O)OC)CN(C(=O)OC(C)(C)C)C2)nc2cccc(Cl)c21. The molecule has 2 aromatic rings. The molecule has 0 bridgehead atoms. The van der Waals surface area contributed by atoms with Crippen molar-refractivity contribution < 1.29 is 28.6 Å². The number of piperidine rings is 1. The topological polar surface area (TPSA) is 103 Å². The summed E-state index contributed by atoms with van der Waals surface area (Å²) in [7, 11) is 2.99. The fourth-order valence-electron chi connectivity index (χ4n) is 5.07. The number of ether oxygens (including phenoxy) is 3. The number of rotatable bonds is 10. The van der Waals surface area contributed by atoms with Crippen LogP contribution < -0.4 is 0 Å². The molecule has 0 saturated carbocycles. The van der Waals surface area contributed by atoms with Crippen LogP contribution in [-0.4, -0.2) is 89.4 Å². The van der Waals surface area contributed by atoms with Gasteiger partial charge in [-0.25, -0.2) is 9.78 Å². The Morgan fingerprint density at radius 3 is 2.50 bits per heavy atom. The first-order valence-corrected chi connectivity index (χ1v) is 14.2. The zero-order chi connectivity index (χ0) is 29.6. The van der Waals surface area contributed by atoms with E-state index >= 15 is 0 Å². The molecular weight excluding hydrogens is 536 g/mol. The maximum Gasteiger partial charge on any atom is 0.410 e. The molecular formula is C29H43ClN4O6. The maximum atomic E-state index is 14.3. The van der Waals surface area contributed by atoms with Gasteiger partial charge in [0.15, 0.2) is 5.82 Å². The van der Waals surface area contributed by atoms with E-state index < -0.39 is 29.6 Å². The van der Waals surface area contributed by atoms with Crippen LogP contribution in [0.25, 0.3) is 11.0 Å². The van der Waals surface area contributed by atoms with E-state index in [2.05, 4.69) is 0 Å². The van der Waals surface area contributed by atoms with E-state index in [0.717, 1.165) is 12.8 Å². The average Bonchev–Trinajstić information content (AvgIpc) is 3.27. The standard InChI is InChI=1S/C29H43ClN4O6/c1-19(2)16-34(21-15-20(27(36)39-7)17-32(18-21)28(37)40-29(3,4)5)26(35)25-31-23-12-10-11-22(30)24(23)33(25)13-8-9-14-38-6/h10-12,19-21H,8-9,13-18H2,1-7H3/t20-,21+/m1/s1. The highest BCUT2D eigenvalue weighted by Gasteiger charge is 2.41. The summed E-state index contributed by atoms with van der Waals surface area (Å²) in [6.07, 6.45) is 1.42. The van der Waals surface area contributed by atoms with Gasteiger partial charge in [-0.05, 0) is 58.1 Å². The summed E-state index contributed by atoms with van der Waals surface area (Å²) in [6, 6.07) is 5.00. The summed E-state index contributed by atoms with van der Waals surface area (Å²) in [5.74, 6) is -0.883. The van der Waals surface area contributed by atoms with Crippen LogP contribution in [-0.2, 0) is 25.5 Å². The Bertz CT molecular complexity index is 1190. The highest BCUT2D eigenvalue weighted by Crippen LogP contribution is 2.29. The van der Waals surface area contributed by atoms with E-state index in [1.165, 1.54) is 12.0 Å². The molecule has 1 saturated heterocycles. The zero-order valence-corrected chi connectivity index (χ0v) is 25.5. The average molecular weight is 579 g/mol. The van der Waals surface area contributed by atoms with Crippen molar-refractivity contribution in [2.24, 2.45) is 11.8 Å². The zero-order valence-electron chi connectivity index (χ0n) is 24.7. The quantitative estimate of drug-likeness (QED) is 0.288. The van der Waals surface area contributed by atoms with Gasteiger partial charge in [-0.2, -0.15) is 0 Å². The van der Waals surface area contributed by atoms with Crippen molar-refractivity contribution in [1.82, 2.24) is 19.4 Å². The largest absolute Gasteiger partial charge is 0.469 e. The number of nitrogens with zero attached hydrogens (tertiary/aromatic N) is 4. The van der Waals surface area contributed by atoms with Crippen molar-refractivity contribution in [3.63, 3.8) is 0 Å². The molecule has 222 valence electrons. The lowest BCUT2D eigenvalue weighted by molar-refractivity contribution is -0.148. The number of benzene rings is 1. The van der Waals surface area contributed by atoms with Gasteiger partial charge in [0, 0.05) is 39.9 Å². The molecule has 11 heteroatoms. The molecule has 10 nitrogen and oxygen atoms in total. The van der Waals surface area contributed by atoms with E-state index in [1.807, 2.05) is 30.5 Å². The number of methoxy groups -OCH3 is 2. The third kappa shape index (κ3) is 7.87. The normalized spacial score (nSPS) is 17.8. The highest BCUT2D eigenvalue weighted by atomic mass is 35.5. The minimum Gasteiger partial charge on any atom is -0.469 e. The van der Waals surface area contributed by atoms with Crippen LogP contribution in [0.4, 0.5) is 4.79 Å². The monoisotopic (exact) mass is 578 g/mol. The van der Waals surface area contributed by atoms with Crippen LogP contribution in [0.2, 0.25) is 5.02 Å². The number of likely N-dealkylation sites (tertiary alicyclic amines) is 1. The highest BCUT2D eigenvalue weighted by molar-refractivity contribution is 6.35. The van der Waals surface area contributed by atoms with Gasteiger partial charge in [-0.1, -0.05) is 31.5 Å². The number of unbranched alkanes of at least 4 members (excludes halogenated alkanes) is 1. The summed E-state index contributed by atoms with van der Waals surface area (Å²) in [5.41, 5.74) is 0.644. The first kappa shape index (κ1) is 31.7. The molecule has 0 radical (unpaired) electrons. The molecule has 1 fully saturated rings. The Kier molecular flexibility index (Phi) is 10.8. The number of carbonyl (C=O) groups is 3. The molecule has 0 N–H and O–H groups in total. The van der Waals surface area contributed by atoms with Gasteiger partial charge in [0.2, 0.25) is 0 Å². The summed E-state index contributed by atoms with van der Waals surface area (Å²) in [5, 5.41) is 0.519. The molecule has 2 atom stereocenters. The van der Waals surface area contributed by atoms with Gasteiger partial charge in [0.1, 0.15) is 5.60 Å². The van der Waals surface area contributed by atoms with E-state index in [9.17, 15) is 14.4 Å². The van der Waals surface area contributed by atoms with Crippen LogP contribution in [0.5, 0.6) is 0 Å². The van der Waals surface area contributed by atoms with E-state index in [-0.39, 0.29) is 30.7 Å². The first-order valence-electron chi connectivity index (χ1n) is 13.9. The minimum absolute atomic E-state index is 0.126. The van der Waals surface area contributed by atoms with Gasteiger partial charge in [-0.3, -0.25) is 9.59 Å². The van der Waals surface area contributed by atoms with Crippen LogP contribution in [0.1, 0.15) is 64.5 Å². The molecule has 40 heavy (non-hydrogen) atoms. The molecule has 0 unspecified atom stereocenters. The number of carbonyl (C=O) groups excluding carboxylic acids is 3. The van der Waals surface area contributed by atoms with Crippen molar-refractivity contribution >= 4 is 40.6 Å². The number of aromatic nitrogens is 2. The molecule has 0 spiro atoms. The van der Waals surface area contributed by atoms with Crippen molar-refractivity contribution in [3.05, 3.63) is 29.0 Å². The van der Waals surface area contributed by atoms with Crippen molar-refractivity contribution in [1.29, 1.82) is 0 Å².